The van der Waals surface area contributed by atoms with Crippen LogP contribution in [0.1, 0.15) is 19.3 Å². The van der Waals surface area contributed by atoms with Crippen LogP contribution in [0.5, 0.6) is 0 Å². The Morgan fingerprint density at radius 2 is 2.06 bits per heavy atom. The number of sulfone groups is 1. The maximum Gasteiger partial charge on any atom is 0.233 e. The van der Waals surface area contributed by atoms with E-state index in [0.717, 1.165) is 0 Å². The number of rotatable bonds is 3. The first-order chi connectivity index (χ1) is 7.36. The molecule has 0 aromatic heterocycles. The van der Waals surface area contributed by atoms with Crippen LogP contribution < -0.4 is 11.1 Å². The molecule has 90 valence electrons. The van der Waals surface area contributed by atoms with Crippen molar-refractivity contribution in [1.29, 1.82) is 0 Å². The third-order valence-corrected chi connectivity index (χ3v) is 5.38. The highest BCUT2D eigenvalue weighted by Crippen LogP contribution is 2.46. The molecule has 0 radical (unpaired) electrons. The van der Waals surface area contributed by atoms with Gasteiger partial charge in [0, 0.05) is 6.04 Å². The van der Waals surface area contributed by atoms with E-state index >= 15 is 0 Å². The van der Waals surface area contributed by atoms with Crippen LogP contribution in [0.3, 0.4) is 0 Å². The lowest BCUT2D eigenvalue weighted by molar-refractivity contribution is -0.124. The van der Waals surface area contributed by atoms with Gasteiger partial charge in [-0.2, -0.15) is 0 Å². The van der Waals surface area contributed by atoms with Crippen LogP contribution in [-0.4, -0.2) is 36.9 Å². The van der Waals surface area contributed by atoms with E-state index in [1.807, 2.05) is 0 Å². The van der Waals surface area contributed by atoms with E-state index < -0.39 is 15.3 Å². The van der Waals surface area contributed by atoms with Crippen molar-refractivity contribution in [3.05, 3.63) is 0 Å². The summed E-state index contributed by atoms with van der Waals surface area (Å²) in [5.74, 6) is -0.0217. The Hall–Kier alpha value is -0.690. The van der Waals surface area contributed by atoms with Crippen molar-refractivity contribution >= 4 is 33.0 Å². The van der Waals surface area contributed by atoms with Crippen LogP contribution in [0.2, 0.25) is 0 Å². The van der Waals surface area contributed by atoms with E-state index in [9.17, 15) is 13.2 Å². The summed E-state index contributed by atoms with van der Waals surface area (Å²) in [6.07, 6.45) is 1.84. The lowest BCUT2D eigenvalue weighted by Crippen LogP contribution is -2.44. The molecule has 1 aliphatic heterocycles. The molecule has 0 aromatic rings. The van der Waals surface area contributed by atoms with Gasteiger partial charge in [-0.1, -0.05) is 12.2 Å². The first-order valence-electron chi connectivity index (χ1n) is 5.17. The van der Waals surface area contributed by atoms with Gasteiger partial charge in [0.1, 0.15) is 0 Å². The number of hydrogen-bond acceptors (Lipinski definition) is 4. The Morgan fingerprint density at radius 1 is 1.44 bits per heavy atom. The van der Waals surface area contributed by atoms with E-state index in [1.54, 1.807) is 0 Å². The van der Waals surface area contributed by atoms with E-state index in [0.29, 0.717) is 19.3 Å². The van der Waals surface area contributed by atoms with Gasteiger partial charge >= 0.3 is 0 Å². The zero-order valence-electron chi connectivity index (χ0n) is 8.73. The van der Waals surface area contributed by atoms with Gasteiger partial charge in [-0.3, -0.25) is 4.79 Å². The molecule has 16 heavy (non-hydrogen) atoms. The van der Waals surface area contributed by atoms with E-state index in [2.05, 4.69) is 5.32 Å². The number of carbonyl (C=O) groups excluding carboxylic acids is 1. The van der Waals surface area contributed by atoms with Crippen LogP contribution in [0.15, 0.2) is 0 Å². The summed E-state index contributed by atoms with van der Waals surface area (Å²) >= 11 is 4.86. The second kappa shape index (κ2) is 3.66. The minimum absolute atomic E-state index is 0.0339. The third-order valence-electron chi connectivity index (χ3n) is 3.22. The second-order valence-electron chi connectivity index (χ2n) is 4.52. The maximum absolute atomic E-state index is 11.9. The quantitative estimate of drug-likeness (QED) is 0.660. The molecule has 2 aliphatic rings. The van der Waals surface area contributed by atoms with Crippen LogP contribution in [0, 0.1) is 5.41 Å². The van der Waals surface area contributed by atoms with Gasteiger partial charge in [-0.15, -0.1) is 0 Å². The number of thiocarbonyl (C=S) groups is 1. The Morgan fingerprint density at radius 3 is 2.44 bits per heavy atom. The van der Waals surface area contributed by atoms with Crippen molar-refractivity contribution in [1.82, 2.24) is 5.32 Å². The third kappa shape index (κ3) is 2.06. The average molecular weight is 262 g/mol. The molecule has 0 spiro atoms. The smallest absolute Gasteiger partial charge is 0.233 e. The fraction of sp³-hybridized carbons (Fsp3) is 0.778. The fourth-order valence-electron chi connectivity index (χ4n) is 1.94. The van der Waals surface area contributed by atoms with Gasteiger partial charge < -0.3 is 11.1 Å². The predicted molar refractivity (Wildman–Crippen MR) is 63.7 cm³/mol. The minimum Gasteiger partial charge on any atom is -0.392 e. The SMILES string of the molecule is NC(=S)C1(C(=O)NC2CCS(=O)(=O)C2)CC1. The average Bonchev–Trinajstić information content (AvgIpc) is 2.89. The van der Waals surface area contributed by atoms with Gasteiger partial charge in [0.2, 0.25) is 5.91 Å². The molecule has 1 saturated heterocycles. The lowest BCUT2D eigenvalue weighted by atomic mass is 10.1. The summed E-state index contributed by atoms with van der Waals surface area (Å²) in [6, 6.07) is -0.274. The van der Waals surface area contributed by atoms with Crippen molar-refractivity contribution in [2.24, 2.45) is 11.1 Å². The summed E-state index contributed by atoms with van der Waals surface area (Å²) in [5.41, 5.74) is 4.82. The Kier molecular flexibility index (Phi) is 2.70. The van der Waals surface area contributed by atoms with Crippen molar-refractivity contribution in [3.8, 4) is 0 Å². The highest BCUT2D eigenvalue weighted by Gasteiger charge is 2.53. The Labute approximate surface area is 99.7 Å². The summed E-state index contributed by atoms with van der Waals surface area (Å²) in [7, 11) is -2.97. The standard InChI is InChI=1S/C9H14N2O3S2/c10-7(15)9(2-3-9)8(12)11-6-1-4-16(13,14)5-6/h6H,1-5H2,(H2,10,15)(H,11,12). The van der Waals surface area contributed by atoms with Crippen molar-refractivity contribution in [2.75, 3.05) is 11.5 Å². The molecule has 1 unspecified atom stereocenters. The summed E-state index contributed by atoms with van der Waals surface area (Å²) in [5, 5.41) is 2.73. The Balaban J connectivity index is 1.97. The summed E-state index contributed by atoms with van der Waals surface area (Å²) in [6.45, 7) is 0. The number of hydrogen-bond donors (Lipinski definition) is 2. The molecule has 2 rings (SSSR count). The maximum atomic E-state index is 11.9. The molecule has 1 aliphatic carbocycles. The van der Waals surface area contributed by atoms with Crippen molar-refractivity contribution < 1.29 is 13.2 Å². The largest absolute Gasteiger partial charge is 0.392 e. The molecule has 3 N–H and O–H groups in total. The van der Waals surface area contributed by atoms with E-state index in [4.69, 9.17) is 18.0 Å². The summed E-state index contributed by atoms with van der Waals surface area (Å²) < 4.78 is 22.4. The van der Waals surface area contributed by atoms with Crippen molar-refractivity contribution in [2.45, 2.75) is 25.3 Å². The van der Waals surface area contributed by atoms with Crippen LogP contribution in [-0.2, 0) is 14.6 Å². The minimum atomic E-state index is -2.97. The number of nitrogens with two attached hydrogens (primary N) is 1. The summed E-state index contributed by atoms with van der Waals surface area (Å²) in [4.78, 5) is 12.1. The van der Waals surface area contributed by atoms with Crippen molar-refractivity contribution in [3.63, 3.8) is 0 Å². The molecule has 2 fully saturated rings. The van der Waals surface area contributed by atoms with Gasteiger partial charge in [-0.05, 0) is 19.3 Å². The highest BCUT2D eigenvalue weighted by atomic mass is 32.2. The number of amides is 1. The number of nitrogens with one attached hydrogen (secondary N) is 1. The second-order valence-corrected chi connectivity index (χ2v) is 7.19. The van der Waals surface area contributed by atoms with Crippen LogP contribution in [0.4, 0.5) is 0 Å². The molecule has 7 heteroatoms. The predicted octanol–water partition coefficient (Wildman–Crippen LogP) is -0.644. The zero-order chi connectivity index (χ0) is 12.0. The first-order valence-corrected chi connectivity index (χ1v) is 7.40. The molecule has 0 aromatic carbocycles. The topological polar surface area (TPSA) is 89.3 Å². The highest BCUT2D eigenvalue weighted by molar-refractivity contribution is 7.91. The monoisotopic (exact) mass is 262 g/mol. The molecular weight excluding hydrogens is 248 g/mol. The molecule has 1 atom stereocenters. The molecular formula is C9H14N2O3S2. The van der Waals surface area contributed by atoms with Crippen LogP contribution >= 0.6 is 12.2 Å². The first kappa shape index (κ1) is 11.8. The lowest BCUT2D eigenvalue weighted by Gasteiger charge is -2.17. The van der Waals surface area contributed by atoms with E-state index in [-0.39, 0.29) is 28.4 Å². The van der Waals surface area contributed by atoms with Gasteiger partial charge in [0.15, 0.2) is 9.84 Å². The molecule has 1 amide bonds. The molecule has 0 bridgehead atoms. The molecule has 1 saturated carbocycles. The molecule has 1 heterocycles. The fourth-order valence-corrected chi connectivity index (χ4v) is 3.91. The zero-order valence-corrected chi connectivity index (χ0v) is 10.4. The number of carbonyl (C=O) groups is 1. The van der Waals surface area contributed by atoms with Gasteiger partial charge in [0.05, 0.1) is 21.9 Å². The molecule has 5 nitrogen and oxygen atoms in total. The Bertz CT molecular complexity index is 440. The van der Waals surface area contributed by atoms with E-state index in [1.165, 1.54) is 0 Å². The van der Waals surface area contributed by atoms with Crippen LogP contribution in [0.25, 0.3) is 0 Å². The normalized spacial score (nSPS) is 29.6. The van der Waals surface area contributed by atoms with Gasteiger partial charge in [-0.25, -0.2) is 8.42 Å². The van der Waals surface area contributed by atoms with Gasteiger partial charge in [0.25, 0.3) is 0 Å².